The number of rotatable bonds is 17. The molecule has 0 saturated heterocycles. The highest BCUT2D eigenvalue weighted by Gasteiger charge is 2.22. The fraction of sp³-hybridized carbons (Fsp3) is 0.0133. The second kappa shape index (κ2) is 23.6. The van der Waals surface area contributed by atoms with E-state index in [9.17, 15) is 0 Å². The van der Waals surface area contributed by atoms with Crippen molar-refractivity contribution in [3.05, 3.63) is 362 Å². The highest BCUT2D eigenvalue weighted by Crippen LogP contribution is 2.44. The molecule has 0 aliphatic heterocycles. The van der Waals surface area contributed by atoms with Gasteiger partial charge in [0.05, 0.1) is 0 Å². The molecule has 0 atom stereocenters. The van der Waals surface area contributed by atoms with Gasteiger partial charge in [-0.1, -0.05) is 194 Å². The Morgan fingerprint density at radius 3 is 0.747 bits per heavy atom. The number of hydrogen-bond donors (Lipinski definition) is 0. The third kappa shape index (κ3) is 11.1. The van der Waals surface area contributed by atoms with Gasteiger partial charge in [-0.25, -0.2) is 0 Å². The lowest BCUT2D eigenvalue weighted by atomic mass is 9.85. The summed E-state index contributed by atoms with van der Waals surface area (Å²) in [4.78, 5) is 9.35. The van der Waals surface area contributed by atoms with E-state index in [1.165, 1.54) is 11.1 Å². The zero-order valence-electron chi connectivity index (χ0n) is 43.8. The van der Waals surface area contributed by atoms with Gasteiger partial charge in [-0.2, -0.15) is 0 Å². The van der Waals surface area contributed by atoms with Crippen molar-refractivity contribution in [2.75, 3.05) is 19.6 Å². The molecule has 0 radical (unpaired) electrons. The van der Waals surface area contributed by atoms with E-state index in [1.54, 1.807) is 0 Å². The number of hydrogen-bond acceptors (Lipinski definition) is 4. The molecule has 0 amide bonds. The van der Waals surface area contributed by atoms with Crippen molar-refractivity contribution < 1.29 is 0 Å². The van der Waals surface area contributed by atoms with Gasteiger partial charge in [0.15, 0.2) is 0 Å². The number of allylic oxidation sites excluding steroid dienone is 1. The summed E-state index contributed by atoms with van der Waals surface area (Å²) in [6.45, 7) is 0. The van der Waals surface area contributed by atoms with Gasteiger partial charge in [0.1, 0.15) is 0 Å². The summed E-state index contributed by atoms with van der Waals surface area (Å²) >= 11 is 0. The third-order valence-electron chi connectivity index (χ3n) is 14.3. The number of nitrogens with zero attached hydrogens (tertiary/aromatic N) is 4. The maximum atomic E-state index is 2.38. The molecule has 0 aromatic heterocycles. The molecule has 0 spiro atoms. The van der Waals surface area contributed by atoms with E-state index < -0.39 is 0 Å². The second-order valence-electron chi connectivity index (χ2n) is 19.4. The Morgan fingerprint density at radius 1 is 0.190 bits per heavy atom. The van der Waals surface area contributed by atoms with Crippen LogP contribution in [0.15, 0.2) is 340 Å². The SMILES string of the molecule is c1ccc(N(c2ccccc2)c2ccc(C/C(=C(\c3ccc(N(c4ccccc4)c4ccccc4)cc3)c3cccc(N(c4ccccc4)c4ccccc4)c3)c3cccc(N(c4ccccc4)c4ccccc4)c3)cc2)cc1. The van der Waals surface area contributed by atoms with Crippen molar-refractivity contribution >= 4 is 79.4 Å². The standard InChI is InChI=1S/C75H58N4/c1-9-29-62(30-10-1)76(63-31-11-2-12-32-63)70-51-47-58(48-52-70)55-74(60-27-25-45-72(56-60)78(66-37-17-5-18-38-66)67-39-19-6-20-40-67)75(59-49-53-71(54-50-59)77(64-33-13-3-14-34-64)65-35-15-4-16-36-65)61-28-26-46-73(57-61)79(68-41-21-7-22-42-68)69-43-23-8-24-44-69/h1-54,56-57H,55H2/b75-74-. The minimum atomic E-state index is 0.639. The van der Waals surface area contributed by atoms with E-state index in [0.29, 0.717) is 6.42 Å². The molecule has 0 heterocycles. The molecule has 4 heteroatoms. The maximum absolute atomic E-state index is 2.38. The largest absolute Gasteiger partial charge is 0.311 e. The lowest BCUT2D eigenvalue weighted by Crippen LogP contribution is -2.11. The summed E-state index contributed by atoms with van der Waals surface area (Å²) < 4.78 is 0. The van der Waals surface area contributed by atoms with Crippen LogP contribution >= 0.6 is 0 Å². The lowest BCUT2D eigenvalue weighted by Gasteiger charge is -2.28. The van der Waals surface area contributed by atoms with Crippen molar-refractivity contribution in [2.24, 2.45) is 0 Å². The first kappa shape index (κ1) is 49.5. The van der Waals surface area contributed by atoms with E-state index in [-0.39, 0.29) is 0 Å². The van der Waals surface area contributed by atoms with Crippen LogP contribution in [-0.4, -0.2) is 0 Å². The quantitative estimate of drug-likeness (QED) is 0.0843. The Hall–Kier alpha value is -10.4. The highest BCUT2D eigenvalue weighted by molar-refractivity contribution is 6.01. The van der Waals surface area contributed by atoms with Crippen LogP contribution in [0, 0.1) is 0 Å². The topological polar surface area (TPSA) is 13.0 Å². The molecular formula is C75H58N4. The first-order valence-electron chi connectivity index (χ1n) is 27.0. The van der Waals surface area contributed by atoms with Crippen LogP contribution in [-0.2, 0) is 6.42 Å². The molecule has 79 heavy (non-hydrogen) atoms. The summed E-state index contributed by atoms with van der Waals surface area (Å²) in [5.74, 6) is 0. The van der Waals surface area contributed by atoms with Gasteiger partial charge < -0.3 is 19.6 Å². The average molecular weight is 1020 g/mol. The minimum absolute atomic E-state index is 0.639. The van der Waals surface area contributed by atoms with E-state index >= 15 is 0 Å². The molecule has 0 unspecified atom stereocenters. The molecule has 12 aromatic carbocycles. The lowest BCUT2D eigenvalue weighted by molar-refractivity contribution is 1.24. The van der Waals surface area contributed by atoms with E-state index in [4.69, 9.17) is 0 Å². The molecule has 0 N–H and O–H groups in total. The van der Waals surface area contributed by atoms with Crippen molar-refractivity contribution in [3.63, 3.8) is 0 Å². The van der Waals surface area contributed by atoms with Crippen LogP contribution in [0.4, 0.5) is 68.2 Å². The Bertz CT molecular complexity index is 3720. The summed E-state index contributed by atoms with van der Waals surface area (Å²) in [6.07, 6.45) is 0.639. The molecule has 0 bridgehead atoms. The summed E-state index contributed by atoms with van der Waals surface area (Å²) in [6, 6.07) is 122. The van der Waals surface area contributed by atoms with Crippen LogP contribution in [0.25, 0.3) is 11.1 Å². The van der Waals surface area contributed by atoms with Crippen molar-refractivity contribution in [1.29, 1.82) is 0 Å². The van der Waals surface area contributed by atoms with Crippen LogP contribution in [0.2, 0.25) is 0 Å². The molecule has 0 aliphatic rings. The van der Waals surface area contributed by atoms with Crippen molar-refractivity contribution in [3.8, 4) is 0 Å². The molecule has 0 fully saturated rings. The van der Waals surface area contributed by atoms with Gasteiger partial charge >= 0.3 is 0 Å². The Balaban J connectivity index is 1.08. The highest BCUT2D eigenvalue weighted by atomic mass is 15.2. The fourth-order valence-corrected chi connectivity index (χ4v) is 10.6. The molecular weight excluding hydrogens is 957 g/mol. The Kier molecular flexibility index (Phi) is 14.8. The summed E-state index contributed by atoms with van der Waals surface area (Å²) in [5.41, 5.74) is 19.8. The van der Waals surface area contributed by atoms with E-state index in [1.807, 2.05) is 0 Å². The van der Waals surface area contributed by atoms with Gasteiger partial charge in [-0.05, 0) is 185 Å². The predicted octanol–water partition coefficient (Wildman–Crippen LogP) is 20.8. The molecule has 378 valence electrons. The third-order valence-corrected chi connectivity index (χ3v) is 14.3. The smallest absolute Gasteiger partial charge is 0.0467 e. The molecule has 12 aromatic rings. The zero-order valence-corrected chi connectivity index (χ0v) is 43.8. The van der Waals surface area contributed by atoms with Crippen LogP contribution in [0.1, 0.15) is 22.3 Å². The molecule has 12 rings (SSSR count). The van der Waals surface area contributed by atoms with Crippen molar-refractivity contribution in [2.45, 2.75) is 6.42 Å². The van der Waals surface area contributed by atoms with Gasteiger partial charge in [0, 0.05) is 68.2 Å². The normalized spacial score (nSPS) is 11.3. The van der Waals surface area contributed by atoms with Gasteiger partial charge in [0.25, 0.3) is 0 Å². The monoisotopic (exact) mass is 1010 g/mol. The zero-order chi connectivity index (χ0) is 53.0. The Labute approximate surface area is 465 Å². The van der Waals surface area contributed by atoms with E-state index in [0.717, 1.165) is 90.5 Å². The number of para-hydroxylation sites is 8. The Morgan fingerprint density at radius 2 is 0.430 bits per heavy atom. The number of anilines is 12. The van der Waals surface area contributed by atoms with Gasteiger partial charge in [0.2, 0.25) is 0 Å². The fourth-order valence-electron chi connectivity index (χ4n) is 10.6. The first-order valence-corrected chi connectivity index (χ1v) is 27.0. The van der Waals surface area contributed by atoms with Gasteiger partial charge in [-0.15, -0.1) is 0 Å². The minimum Gasteiger partial charge on any atom is -0.311 e. The molecule has 0 saturated carbocycles. The van der Waals surface area contributed by atoms with Gasteiger partial charge in [-0.3, -0.25) is 0 Å². The molecule has 4 nitrogen and oxygen atoms in total. The first-order chi connectivity index (χ1) is 39.2. The van der Waals surface area contributed by atoms with Crippen molar-refractivity contribution in [1.82, 2.24) is 0 Å². The van der Waals surface area contributed by atoms with Crippen LogP contribution in [0.5, 0.6) is 0 Å². The average Bonchev–Trinajstić information content (AvgIpc) is 3.57. The second-order valence-corrected chi connectivity index (χ2v) is 19.4. The van der Waals surface area contributed by atoms with Crippen LogP contribution in [0.3, 0.4) is 0 Å². The van der Waals surface area contributed by atoms with Crippen LogP contribution < -0.4 is 19.6 Å². The summed E-state index contributed by atoms with van der Waals surface area (Å²) in [5, 5.41) is 0. The predicted molar refractivity (Wildman–Crippen MR) is 334 cm³/mol. The summed E-state index contributed by atoms with van der Waals surface area (Å²) in [7, 11) is 0. The maximum Gasteiger partial charge on any atom is 0.0467 e. The van der Waals surface area contributed by atoms with E-state index in [2.05, 4.69) is 359 Å². The number of benzene rings is 12. The molecule has 0 aliphatic carbocycles.